The summed E-state index contributed by atoms with van der Waals surface area (Å²) < 4.78 is 13.0. The van der Waals surface area contributed by atoms with Gasteiger partial charge in [-0.1, -0.05) is 0 Å². The molecule has 16 heavy (non-hydrogen) atoms. The topological polar surface area (TPSA) is 22.1 Å². The average Bonchev–Trinajstić information content (AvgIpc) is 2.21. The molecule has 94 valence electrons. The van der Waals surface area contributed by atoms with E-state index in [0.717, 1.165) is 0 Å². The van der Waals surface area contributed by atoms with E-state index < -0.39 is 25.5 Å². The molecule has 0 saturated heterocycles. The van der Waals surface area contributed by atoms with Crippen molar-refractivity contribution in [2.75, 3.05) is 21.1 Å². The first-order chi connectivity index (χ1) is 7.11. The van der Waals surface area contributed by atoms with Crippen molar-refractivity contribution in [3.05, 3.63) is 0 Å². The molecule has 0 N–H and O–H groups in total. The van der Waals surface area contributed by atoms with Crippen molar-refractivity contribution < 1.29 is 0 Å². The van der Waals surface area contributed by atoms with E-state index in [9.17, 15) is 0 Å². The third-order valence-electron chi connectivity index (χ3n) is 4.39. The van der Waals surface area contributed by atoms with Crippen LogP contribution in [0.1, 0.15) is 0 Å². The van der Waals surface area contributed by atoms with E-state index in [4.69, 9.17) is 4.30 Å². The van der Waals surface area contributed by atoms with Crippen LogP contribution in [0.25, 0.3) is 0 Å². The van der Waals surface area contributed by atoms with E-state index in [1.165, 1.54) is 0 Å². The summed E-state index contributed by atoms with van der Waals surface area (Å²) in [5.74, 6) is 0. The summed E-state index contributed by atoms with van der Waals surface area (Å²) in [4.78, 5) is 0. The normalized spacial score (nSPS) is 32.0. The van der Waals surface area contributed by atoms with Crippen LogP contribution in [0.5, 0.6) is 0 Å². The van der Waals surface area contributed by atoms with Crippen molar-refractivity contribution in [3.63, 3.8) is 0 Å². The van der Waals surface area contributed by atoms with E-state index in [2.05, 4.69) is 66.6 Å². The quantitative estimate of drug-likeness (QED) is 0.610. The van der Waals surface area contributed by atoms with E-state index in [0.29, 0.717) is 0 Å². The van der Waals surface area contributed by atoms with Gasteiger partial charge in [-0.05, 0) is 53.9 Å². The minimum atomic E-state index is -1.46. The van der Waals surface area contributed by atoms with Gasteiger partial charge in [-0.15, -0.1) is 0 Å². The lowest BCUT2D eigenvalue weighted by atomic mass is 11.6. The number of hydrogen-bond donors (Lipinski definition) is 0. The second-order valence-corrected chi connectivity index (χ2v) is 20.2. The van der Waals surface area contributed by atoms with Crippen LogP contribution in [0.3, 0.4) is 0 Å². The molecule has 0 aliphatic carbocycles. The van der Waals surface area contributed by atoms with Crippen LogP contribution in [0.15, 0.2) is 4.30 Å². The van der Waals surface area contributed by atoms with Gasteiger partial charge in [0.25, 0.3) is 0 Å². The van der Waals surface area contributed by atoms with Crippen molar-refractivity contribution in [1.82, 2.24) is 12.7 Å². The first kappa shape index (κ1) is 14.4. The molecule has 0 amide bonds. The number of rotatable bonds is 0. The predicted molar refractivity (Wildman–Crippen MR) is 80.8 cm³/mol. The molecule has 1 rings (SSSR count). The molecule has 0 bridgehead atoms. The van der Waals surface area contributed by atoms with Gasteiger partial charge < -0.3 is 17.0 Å². The van der Waals surface area contributed by atoms with Crippen molar-refractivity contribution in [1.29, 1.82) is 0 Å². The fourth-order valence-electron chi connectivity index (χ4n) is 2.03. The van der Waals surface area contributed by atoms with E-state index in [1.807, 2.05) is 0 Å². The summed E-state index contributed by atoms with van der Waals surface area (Å²) in [6.07, 6.45) is 0. The van der Waals surface area contributed by atoms with Crippen LogP contribution < -0.4 is 0 Å². The molecule has 0 aromatic heterocycles. The molecule has 8 heteroatoms. The average molecular weight is 291 g/mol. The first-order valence-electron chi connectivity index (χ1n) is 5.82. The van der Waals surface area contributed by atoms with Crippen LogP contribution in [0, 0.1) is 0 Å². The van der Waals surface area contributed by atoms with Crippen molar-refractivity contribution >= 4 is 35.4 Å². The summed E-state index contributed by atoms with van der Waals surface area (Å²) in [6, 6.07) is 0. The van der Waals surface area contributed by atoms with Gasteiger partial charge in [-0.25, -0.2) is 0 Å². The van der Waals surface area contributed by atoms with E-state index >= 15 is 0 Å². The molecule has 0 aromatic carbocycles. The fraction of sp³-hybridized carbons (Fsp3) is 1.00. The maximum Gasteiger partial charge on any atom is 0.217 e. The number of hydrogen-bond acceptors (Lipinski definition) is 4. The van der Waals surface area contributed by atoms with Gasteiger partial charge in [0.2, 0.25) is 27.0 Å². The van der Waals surface area contributed by atoms with E-state index in [-0.39, 0.29) is 9.84 Å². The summed E-state index contributed by atoms with van der Waals surface area (Å²) in [5.41, 5.74) is 0. The lowest BCUT2D eigenvalue weighted by Crippen LogP contribution is -2.74. The maximum absolute atomic E-state index is 5.01. The minimum absolute atomic E-state index is 0.384. The largest absolute Gasteiger partial charge is 0.412 e. The van der Waals surface area contributed by atoms with Gasteiger partial charge in [-0.3, -0.25) is 0 Å². The molecular formula is C8H26N4Si4. The zero-order valence-corrected chi connectivity index (χ0v) is 16.4. The van der Waals surface area contributed by atoms with Gasteiger partial charge >= 0.3 is 0 Å². The van der Waals surface area contributed by atoms with Gasteiger partial charge in [0.15, 0.2) is 8.40 Å². The second kappa shape index (κ2) is 4.57. The van der Waals surface area contributed by atoms with Crippen molar-refractivity contribution in [2.45, 2.75) is 32.7 Å². The lowest BCUT2D eigenvalue weighted by Gasteiger charge is -2.53. The summed E-state index contributed by atoms with van der Waals surface area (Å²) >= 11 is 0. The smallest absolute Gasteiger partial charge is 0.217 e. The Kier molecular flexibility index (Phi) is 4.13. The molecule has 0 atom stereocenters. The lowest BCUT2D eigenvalue weighted by molar-refractivity contribution is 0.574. The van der Waals surface area contributed by atoms with Gasteiger partial charge in [-0.2, -0.15) is 0 Å². The summed E-state index contributed by atoms with van der Waals surface area (Å²) in [7, 11) is 3.05. The SMILES string of the molecule is CN1[SiH2]/N=[Si](/C)N(C)[Si](C)(C)N(C)[Si]1(C)C. The Balaban J connectivity index is 3.21. The Bertz CT molecular complexity index is 304. The zero-order valence-electron chi connectivity index (χ0n) is 12.0. The molecule has 0 spiro atoms. The molecule has 0 saturated carbocycles. The second-order valence-electron chi connectivity index (χ2n) is 5.65. The van der Waals surface area contributed by atoms with Crippen LogP contribution in [-0.2, 0) is 0 Å². The highest BCUT2D eigenvalue weighted by molar-refractivity contribution is 6.93. The Morgan fingerprint density at radius 2 is 1.50 bits per heavy atom. The Morgan fingerprint density at radius 3 is 2.00 bits per heavy atom. The molecule has 0 aromatic rings. The summed E-state index contributed by atoms with van der Waals surface area (Å²) in [5, 5.41) is 0. The molecule has 1 aliphatic heterocycles. The minimum Gasteiger partial charge on any atom is -0.412 e. The van der Waals surface area contributed by atoms with Gasteiger partial charge in [0, 0.05) is 0 Å². The highest BCUT2D eigenvalue weighted by atomic mass is 28.5. The van der Waals surface area contributed by atoms with Crippen LogP contribution in [0.2, 0.25) is 32.7 Å². The standard InChI is InChI=1S/C8H26N4Si4/c1-10-13-9-14(4)11(2)16(7,8)12(3)15(10,5)6/h13H2,1-8H3/b14-9-. The third-order valence-corrected chi connectivity index (χ3v) is 23.6. The highest BCUT2D eigenvalue weighted by Crippen LogP contribution is 2.23. The molecule has 0 fully saturated rings. The molecule has 4 nitrogen and oxygen atoms in total. The van der Waals surface area contributed by atoms with Crippen LogP contribution in [-0.4, -0.2) is 69.2 Å². The van der Waals surface area contributed by atoms with Crippen LogP contribution >= 0.6 is 0 Å². The summed E-state index contributed by atoms with van der Waals surface area (Å²) in [6.45, 7) is 12.2. The van der Waals surface area contributed by atoms with Gasteiger partial charge in [0.05, 0.1) is 0 Å². The molecular weight excluding hydrogens is 264 g/mol. The Labute approximate surface area is 106 Å². The van der Waals surface area contributed by atoms with Crippen molar-refractivity contribution in [2.24, 2.45) is 4.30 Å². The van der Waals surface area contributed by atoms with Gasteiger partial charge in [0.1, 0.15) is 0 Å². The fourth-order valence-corrected chi connectivity index (χ4v) is 19.5. The zero-order chi connectivity index (χ0) is 12.7. The van der Waals surface area contributed by atoms with Crippen molar-refractivity contribution in [3.8, 4) is 0 Å². The Hall–Kier alpha value is 0.388. The first-order valence-corrected chi connectivity index (χ1v) is 14.8. The highest BCUT2D eigenvalue weighted by Gasteiger charge is 2.45. The Morgan fingerprint density at radius 1 is 1.00 bits per heavy atom. The van der Waals surface area contributed by atoms with Crippen LogP contribution in [0.4, 0.5) is 0 Å². The third kappa shape index (κ3) is 2.31. The predicted octanol–water partition coefficient (Wildman–Crippen LogP) is 0.584. The monoisotopic (exact) mass is 290 g/mol. The molecule has 0 radical (unpaired) electrons. The molecule has 0 unspecified atom stereocenters. The molecule has 1 aliphatic rings. The maximum atomic E-state index is 5.01. The molecule has 1 heterocycles. The van der Waals surface area contributed by atoms with E-state index in [1.54, 1.807) is 0 Å². The number of nitrogens with zero attached hydrogens (tertiary/aromatic N) is 4.